The third-order valence-electron chi connectivity index (χ3n) is 4.14. The Labute approximate surface area is 141 Å². The van der Waals surface area contributed by atoms with Crippen LogP contribution in [-0.4, -0.2) is 13.0 Å². The van der Waals surface area contributed by atoms with E-state index in [-0.39, 0.29) is 11.8 Å². The Morgan fingerprint density at radius 2 is 1.67 bits per heavy atom. The van der Waals surface area contributed by atoms with Crippen molar-refractivity contribution in [3.05, 3.63) is 66.2 Å². The van der Waals surface area contributed by atoms with E-state index in [1.54, 1.807) is 31.4 Å². The number of carbonyl (C=O) groups is 1. The van der Waals surface area contributed by atoms with Gasteiger partial charge in [-0.25, -0.2) is 0 Å². The van der Waals surface area contributed by atoms with Gasteiger partial charge in [-0.15, -0.1) is 0 Å². The van der Waals surface area contributed by atoms with Gasteiger partial charge in [-0.2, -0.15) is 0 Å². The minimum absolute atomic E-state index is 0.0485. The summed E-state index contributed by atoms with van der Waals surface area (Å²) in [6.45, 7) is 1.90. The van der Waals surface area contributed by atoms with Gasteiger partial charge in [-0.3, -0.25) is 4.79 Å². The molecule has 24 heavy (non-hydrogen) atoms. The van der Waals surface area contributed by atoms with Gasteiger partial charge in [0.15, 0.2) is 0 Å². The standard InChI is InChI=1S/C20H20N2O2/c1-13(20(23)22-18-8-6-17(21)7-9-18)14-3-4-16-12-19(24-2)10-5-15(16)11-14/h3-13H,21H2,1-2H3,(H,22,23). The van der Waals surface area contributed by atoms with Crippen molar-refractivity contribution < 1.29 is 9.53 Å². The highest BCUT2D eigenvalue weighted by molar-refractivity contribution is 5.96. The van der Waals surface area contributed by atoms with Crippen molar-refractivity contribution in [3.8, 4) is 5.75 Å². The first-order chi connectivity index (χ1) is 11.6. The molecule has 0 spiro atoms. The number of anilines is 2. The van der Waals surface area contributed by atoms with Gasteiger partial charge < -0.3 is 15.8 Å². The molecule has 3 aromatic rings. The van der Waals surface area contributed by atoms with Crippen LogP contribution >= 0.6 is 0 Å². The summed E-state index contributed by atoms with van der Waals surface area (Å²) in [6, 6.07) is 19.1. The largest absolute Gasteiger partial charge is 0.497 e. The average molecular weight is 320 g/mol. The van der Waals surface area contributed by atoms with Crippen LogP contribution in [0.2, 0.25) is 0 Å². The van der Waals surface area contributed by atoms with E-state index in [2.05, 4.69) is 5.32 Å². The molecule has 3 rings (SSSR count). The highest BCUT2D eigenvalue weighted by Gasteiger charge is 2.16. The highest BCUT2D eigenvalue weighted by atomic mass is 16.5. The zero-order valence-corrected chi connectivity index (χ0v) is 13.7. The van der Waals surface area contributed by atoms with Crippen LogP contribution in [0.5, 0.6) is 5.75 Å². The van der Waals surface area contributed by atoms with Gasteiger partial charge in [0.1, 0.15) is 5.75 Å². The van der Waals surface area contributed by atoms with Crippen molar-refractivity contribution >= 4 is 28.1 Å². The van der Waals surface area contributed by atoms with Crippen molar-refractivity contribution in [3.63, 3.8) is 0 Å². The number of hydrogen-bond acceptors (Lipinski definition) is 3. The summed E-state index contributed by atoms with van der Waals surface area (Å²) < 4.78 is 5.24. The summed E-state index contributed by atoms with van der Waals surface area (Å²) in [6.07, 6.45) is 0. The van der Waals surface area contributed by atoms with Crippen molar-refractivity contribution in [2.24, 2.45) is 0 Å². The second-order valence-corrected chi connectivity index (χ2v) is 5.81. The van der Waals surface area contributed by atoms with Gasteiger partial charge in [0.25, 0.3) is 0 Å². The van der Waals surface area contributed by atoms with Gasteiger partial charge in [0.2, 0.25) is 5.91 Å². The predicted molar refractivity (Wildman–Crippen MR) is 98.4 cm³/mol. The second kappa shape index (κ2) is 6.62. The number of fused-ring (bicyclic) bond motifs is 1. The topological polar surface area (TPSA) is 64.3 Å². The third-order valence-corrected chi connectivity index (χ3v) is 4.14. The summed E-state index contributed by atoms with van der Waals surface area (Å²) in [4.78, 5) is 12.5. The molecule has 0 radical (unpaired) electrons. The Balaban J connectivity index is 1.80. The van der Waals surface area contributed by atoms with Gasteiger partial charge >= 0.3 is 0 Å². The molecule has 1 atom stereocenters. The molecule has 3 aromatic carbocycles. The fourth-order valence-electron chi connectivity index (χ4n) is 2.61. The van der Waals surface area contributed by atoms with Crippen LogP contribution < -0.4 is 15.8 Å². The number of nitrogens with one attached hydrogen (secondary N) is 1. The molecular formula is C20H20N2O2. The fourth-order valence-corrected chi connectivity index (χ4v) is 2.61. The number of ether oxygens (including phenoxy) is 1. The summed E-state index contributed by atoms with van der Waals surface area (Å²) in [5, 5.41) is 5.09. The molecule has 0 aliphatic heterocycles. The summed E-state index contributed by atoms with van der Waals surface area (Å²) in [7, 11) is 1.65. The smallest absolute Gasteiger partial charge is 0.231 e. The van der Waals surface area contributed by atoms with Crippen molar-refractivity contribution in [2.45, 2.75) is 12.8 Å². The molecule has 0 saturated heterocycles. The second-order valence-electron chi connectivity index (χ2n) is 5.81. The third kappa shape index (κ3) is 3.33. The van der Waals surface area contributed by atoms with Gasteiger partial charge in [-0.1, -0.05) is 24.3 Å². The van der Waals surface area contributed by atoms with Crippen LogP contribution in [0.15, 0.2) is 60.7 Å². The maximum absolute atomic E-state index is 12.5. The minimum atomic E-state index is -0.256. The molecule has 0 fully saturated rings. The van der Waals surface area contributed by atoms with Crippen LogP contribution in [0, 0.1) is 0 Å². The van der Waals surface area contributed by atoms with Gasteiger partial charge in [-0.05, 0) is 59.7 Å². The molecular weight excluding hydrogens is 300 g/mol. The number of hydrogen-bond donors (Lipinski definition) is 2. The van der Waals surface area contributed by atoms with E-state index in [9.17, 15) is 4.79 Å². The van der Waals surface area contributed by atoms with E-state index in [0.29, 0.717) is 5.69 Å². The molecule has 3 N–H and O–H groups in total. The van der Waals surface area contributed by atoms with Crippen molar-refractivity contribution in [2.75, 3.05) is 18.2 Å². The van der Waals surface area contributed by atoms with Crippen LogP contribution in [0.1, 0.15) is 18.4 Å². The number of nitrogen functional groups attached to an aromatic ring is 1. The van der Waals surface area contributed by atoms with E-state index < -0.39 is 0 Å². The molecule has 0 saturated carbocycles. The molecule has 1 unspecified atom stereocenters. The van der Waals surface area contributed by atoms with E-state index in [1.807, 2.05) is 43.3 Å². The summed E-state index contributed by atoms with van der Waals surface area (Å²) in [5.74, 6) is 0.520. The number of rotatable bonds is 4. The lowest BCUT2D eigenvalue weighted by Crippen LogP contribution is -2.18. The van der Waals surface area contributed by atoms with Crippen molar-refractivity contribution in [1.82, 2.24) is 0 Å². The normalized spacial score (nSPS) is 11.9. The first-order valence-corrected chi connectivity index (χ1v) is 7.81. The molecule has 4 nitrogen and oxygen atoms in total. The maximum Gasteiger partial charge on any atom is 0.231 e. The molecule has 4 heteroatoms. The maximum atomic E-state index is 12.5. The number of amides is 1. The Kier molecular flexibility index (Phi) is 4.38. The van der Waals surface area contributed by atoms with E-state index in [4.69, 9.17) is 10.5 Å². The van der Waals surface area contributed by atoms with E-state index in [0.717, 1.165) is 27.8 Å². The minimum Gasteiger partial charge on any atom is -0.497 e. The zero-order valence-electron chi connectivity index (χ0n) is 13.7. The lowest BCUT2D eigenvalue weighted by molar-refractivity contribution is -0.117. The summed E-state index contributed by atoms with van der Waals surface area (Å²) >= 11 is 0. The molecule has 0 aromatic heterocycles. The Morgan fingerprint density at radius 1 is 1.00 bits per heavy atom. The Morgan fingerprint density at radius 3 is 2.38 bits per heavy atom. The van der Waals surface area contributed by atoms with Gasteiger partial charge in [0.05, 0.1) is 13.0 Å². The monoisotopic (exact) mass is 320 g/mol. The zero-order chi connectivity index (χ0) is 17.1. The molecule has 122 valence electrons. The fraction of sp³-hybridized carbons (Fsp3) is 0.150. The first kappa shape index (κ1) is 15.9. The Hall–Kier alpha value is -3.01. The number of benzene rings is 3. The molecule has 0 bridgehead atoms. The van der Waals surface area contributed by atoms with Crippen LogP contribution in [0.25, 0.3) is 10.8 Å². The Bertz CT molecular complexity index is 872. The molecule has 0 aliphatic rings. The van der Waals surface area contributed by atoms with Gasteiger partial charge in [0, 0.05) is 11.4 Å². The molecule has 0 heterocycles. The van der Waals surface area contributed by atoms with Crippen LogP contribution in [-0.2, 0) is 4.79 Å². The molecule has 0 aliphatic carbocycles. The quantitative estimate of drug-likeness (QED) is 0.709. The predicted octanol–water partition coefficient (Wildman–Crippen LogP) is 4.17. The van der Waals surface area contributed by atoms with Crippen LogP contribution in [0.4, 0.5) is 11.4 Å². The lowest BCUT2D eigenvalue weighted by atomic mass is 9.97. The van der Waals surface area contributed by atoms with E-state index in [1.165, 1.54) is 0 Å². The van der Waals surface area contributed by atoms with Crippen LogP contribution in [0.3, 0.4) is 0 Å². The number of methoxy groups -OCH3 is 1. The highest BCUT2D eigenvalue weighted by Crippen LogP contribution is 2.26. The average Bonchev–Trinajstić information content (AvgIpc) is 2.62. The SMILES string of the molecule is COc1ccc2cc(C(C)C(=O)Nc3ccc(N)cc3)ccc2c1. The lowest BCUT2D eigenvalue weighted by Gasteiger charge is -2.14. The number of carbonyl (C=O) groups excluding carboxylic acids is 1. The number of nitrogens with two attached hydrogens (primary N) is 1. The summed E-state index contributed by atoms with van der Waals surface area (Å²) in [5.41, 5.74) is 8.05. The van der Waals surface area contributed by atoms with Crippen molar-refractivity contribution in [1.29, 1.82) is 0 Å². The molecule has 1 amide bonds. The first-order valence-electron chi connectivity index (χ1n) is 7.81. The van der Waals surface area contributed by atoms with E-state index >= 15 is 0 Å².